The number of benzene rings is 2. The largest absolute Gasteiger partial charge is 0.495 e. The number of methoxy groups -OCH3 is 1. The fourth-order valence-corrected chi connectivity index (χ4v) is 1.86. The van der Waals surface area contributed by atoms with Crippen LogP contribution in [0.5, 0.6) is 5.75 Å². The summed E-state index contributed by atoms with van der Waals surface area (Å²) < 4.78 is 5.19. The third-order valence-electron chi connectivity index (χ3n) is 2.97. The summed E-state index contributed by atoms with van der Waals surface area (Å²) >= 11 is 0. The van der Waals surface area contributed by atoms with Crippen molar-refractivity contribution in [2.24, 2.45) is 0 Å². The van der Waals surface area contributed by atoms with E-state index >= 15 is 0 Å². The van der Waals surface area contributed by atoms with Crippen LogP contribution in [-0.4, -0.2) is 13.0 Å². The first kappa shape index (κ1) is 13.9. The van der Waals surface area contributed by atoms with Crippen molar-refractivity contribution in [1.29, 1.82) is 0 Å². The lowest BCUT2D eigenvalue weighted by Gasteiger charge is -2.07. The molecule has 2 aromatic carbocycles. The molecule has 0 spiro atoms. The maximum absolute atomic E-state index is 11.9. The lowest BCUT2D eigenvalue weighted by molar-refractivity contribution is -0.111. The first-order chi connectivity index (χ1) is 9.70. The summed E-state index contributed by atoms with van der Waals surface area (Å²) in [5, 5.41) is 2.80. The number of hydrogen-bond donors (Lipinski definition) is 1. The lowest BCUT2D eigenvalue weighted by Crippen LogP contribution is -2.08. The standard InChI is InChI=1S/C17H17NO2/c1-13-7-3-4-8-14(13)11-12-17(19)18-15-9-5-6-10-16(15)20-2/h3-12H,1-2H3,(H,18,19)/b12-11+. The Labute approximate surface area is 118 Å². The normalized spacial score (nSPS) is 10.5. The maximum Gasteiger partial charge on any atom is 0.248 e. The van der Waals surface area contributed by atoms with E-state index in [-0.39, 0.29) is 5.91 Å². The van der Waals surface area contributed by atoms with Gasteiger partial charge in [-0.15, -0.1) is 0 Å². The quantitative estimate of drug-likeness (QED) is 0.859. The molecule has 0 aromatic heterocycles. The average Bonchev–Trinajstić information content (AvgIpc) is 2.47. The molecule has 0 saturated carbocycles. The summed E-state index contributed by atoms with van der Waals surface area (Å²) in [6.45, 7) is 2.01. The summed E-state index contributed by atoms with van der Waals surface area (Å²) in [4.78, 5) is 11.9. The van der Waals surface area contributed by atoms with Gasteiger partial charge in [0.25, 0.3) is 0 Å². The maximum atomic E-state index is 11.9. The number of para-hydroxylation sites is 2. The van der Waals surface area contributed by atoms with Gasteiger partial charge in [-0.2, -0.15) is 0 Å². The Balaban J connectivity index is 2.08. The third kappa shape index (κ3) is 3.48. The fourth-order valence-electron chi connectivity index (χ4n) is 1.86. The molecule has 1 N–H and O–H groups in total. The second kappa shape index (κ2) is 6.57. The molecule has 3 heteroatoms. The third-order valence-corrected chi connectivity index (χ3v) is 2.97. The van der Waals surface area contributed by atoms with Crippen LogP contribution in [0, 0.1) is 6.92 Å². The summed E-state index contributed by atoms with van der Waals surface area (Å²) in [6, 6.07) is 15.2. The van der Waals surface area contributed by atoms with Crippen LogP contribution < -0.4 is 10.1 Å². The van der Waals surface area contributed by atoms with Gasteiger partial charge in [0.15, 0.2) is 0 Å². The fraction of sp³-hybridized carbons (Fsp3) is 0.118. The Morgan fingerprint density at radius 3 is 2.55 bits per heavy atom. The van der Waals surface area contributed by atoms with Crippen LogP contribution in [0.2, 0.25) is 0 Å². The molecule has 0 bridgehead atoms. The molecular weight excluding hydrogens is 250 g/mol. The van der Waals surface area contributed by atoms with Crippen LogP contribution in [0.25, 0.3) is 6.08 Å². The van der Waals surface area contributed by atoms with Crippen LogP contribution in [0.4, 0.5) is 5.69 Å². The minimum Gasteiger partial charge on any atom is -0.495 e. The van der Waals surface area contributed by atoms with Gasteiger partial charge in [-0.1, -0.05) is 36.4 Å². The zero-order valence-corrected chi connectivity index (χ0v) is 11.6. The van der Waals surface area contributed by atoms with Crippen molar-refractivity contribution in [1.82, 2.24) is 0 Å². The zero-order valence-electron chi connectivity index (χ0n) is 11.6. The first-order valence-electron chi connectivity index (χ1n) is 6.38. The Kier molecular flexibility index (Phi) is 4.56. The molecule has 0 fully saturated rings. The van der Waals surface area contributed by atoms with Gasteiger partial charge in [0.2, 0.25) is 5.91 Å². The number of nitrogens with one attached hydrogen (secondary N) is 1. The van der Waals surface area contributed by atoms with E-state index in [9.17, 15) is 4.79 Å². The Morgan fingerprint density at radius 2 is 1.80 bits per heavy atom. The molecule has 0 heterocycles. The van der Waals surface area contributed by atoms with Crippen molar-refractivity contribution >= 4 is 17.7 Å². The molecule has 0 aliphatic heterocycles. The molecule has 20 heavy (non-hydrogen) atoms. The van der Waals surface area contributed by atoms with Crippen LogP contribution in [0.3, 0.4) is 0 Å². The molecular formula is C17H17NO2. The molecule has 0 radical (unpaired) electrons. The average molecular weight is 267 g/mol. The highest BCUT2D eigenvalue weighted by Gasteiger charge is 2.03. The minimum atomic E-state index is -0.183. The van der Waals surface area contributed by atoms with Crippen molar-refractivity contribution in [3.8, 4) is 5.75 Å². The monoisotopic (exact) mass is 267 g/mol. The van der Waals surface area contributed by atoms with E-state index in [1.54, 1.807) is 25.3 Å². The molecule has 0 atom stereocenters. The smallest absolute Gasteiger partial charge is 0.248 e. The second-order valence-corrected chi connectivity index (χ2v) is 4.38. The number of anilines is 1. The van der Waals surface area contributed by atoms with Gasteiger partial charge in [0.1, 0.15) is 5.75 Å². The van der Waals surface area contributed by atoms with Crippen LogP contribution >= 0.6 is 0 Å². The number of aryl methyl sites for hydroxylation is 1. The van der Waals surface area contributed by atoms with E-state index in [0.29, 0.717) is 11.4 Å². The number of carbonyl (C=O) groups excluding carboxylic acids is 1. The minimum absolute atomic E-state index is 0.183. The molecule has 2 aromatic rings. The van der Waals surface area contributed by atoms with Crippen molar-refractivity contribution in [2.45, 2.75) is 6.92 Å². The number of amides is 1. The molecule has 2 rings (SSSR count). The van der Waals surface area contributed by atoms with E-state index in [0.717, 1.165) is 11.1 Å². The van der Waals surface area contributed by atoms with Gasteiger partial charge in [-0.05, 0) is 36.3 Å². The predicted octanol–water partition coefficient (Wildman–Crippen LogP) is 3.66. The lowest BCUT2D eigenvalue weighted by atomic mass is 10.1. The Bertz CT molecular complexity index is 632. The van der Waals surface area contributed by atoms with E-state index in [2.05, 4.69) is 5.32 Å². The van der Waals surface area contributed by atoms with Gasteiger partial charge in [0.05, 0.1) is 12.8 Å². The van der Waals surface area contributed by atoms with Gasteiger partial charge >= 0.3 is 0 Å². The molecule has 1 amide bonds. The van der Waals surface area contributed by atoms with Crippen molar-refractivity contribution in [3.63, 3.8) is 0 Å². The number of carbonyl (C=O) groups is 1. The second-order valence-electron chi connectivity index (χ2n) is 4.38. The summed E-state index contributed by atoms with van der Waals surface area (Å²) in [6.07, 6.45) is 3.33. The molecule has 3 nitrogen and oxygen atoms in total. The van der Waals surface area contributed by atoms with E-state index < -0.39 is 0 Å². The van der Waals surface area contributed by atoms with Crippen molar-refractivity contribution in [2.75, 3.05) is 12.4 Å². The highest BCUT2D eigenvalue weighted by molar-refractivity contribution is 6.02. The SMILES string of the molecule is COc1ccccc1NC(=O)/C=C/c1ccccc1C. The highest BCUT2D eigenvalue weighted by atomic mass is 16.5. The van der Waals surface area contributed by atoms with Crippen molar-refractivity contribution < 1.29 is 9.53 Å². The number of ether oxygens (including phenoxy) is 1. The Morgan fingerprint density at radius 1 is 1.10 bits per heavy atom. The van der Waals surface area contributed by atoms with Gasteiger partial charge < -0.3 is 10.1 Å². The molecule has 0 aliphatic rings. The summed E-state index contributed by atoms with van der Waals surface area (Å²) in [5.41, 5.74) is 2.82. The molecule has 0 aliphatic carbocycles. The molecule has 102 valence electrons. The van der Waals surface area contributed by atoms with Gasteiger partial charge in [0, 0.05) is 6.08 Å². The van der Waals surface area contributed by atoms with Crippen molar-refractivity contribution in [3.05, 3.63) is 65.7 Å². The Hall–Kier alpha value is -2.55. The number of rotatable bonds is 4. The van der Waals surface area contributed by atoms with Crippen LogP contribution in [0.1, 0.15) is 11.1 Å². The van der Waals surface area contributed by atoms with Crippen LogP contribution in [-0.2, 0) is 4.79 Å². The van der Waals surface area contributed by atoms with E-state index in [1.165, 1.54) is 6.08 Å². The van der Waals surface area contributed by atoms with Gasteiger partial charge in [-0.3, -0.25) is 4.79 Å². The topological polar surface area (TPSA) is 38.3 Å². The highest BCUT2D eigenvalue weighted by Crippen LogP contribution is 2.22. The number of hydrogen-bond acceptors (Lipinski definition) is 2. The van der Waals surface area contributed by atoms with Crippen LogP contribution in [0.15, 0.2) is 54.6 Å². The summed E-state index contributed by atoms with van der Waals surface area (Å²) in [5.74, 6) is 0.461. The first-order valence-corrected chi connectivity index (χ1v) is 6.38. The van der Waals surface area contributed by atoms with E-state index in [1.807, 2.05) is 43.3 Å². The zero-order chi connectivity index (χ0) is 14.4. The van der Waals surface area contributed by atoms with Gasteiger partial charge in [-0.25, -0.2) is 0 Å². The molecule has 0 saturated heterocycles. The molecule has 0 unspecified atom stereocenters. The summed E-state index contributed by atoms with van der Waals surface area (Å²) in [7, 11) is 1.58. The predicted molar refractivity (Wildman–Crippen MR) is 81.8 cm³/mol. The van der Waals surface area contributed by atoms with E-state index in [4.69, 9.17) is 4.74 Å².